The summed E-state index contributed by atoms with van der Waals surface area (Å²) in [6, 6.07) is 1.58. The fourth-order valence-electron chi connectivity index (χ4n) is 1.73. The minimum absolute atomic E-state index is 0. The van der Waals surface area contributed by atoms with Crippen LogP contribution in [0.3, 0.4) is 0 Å². The molecule has 0 bridgehead atoms. The van der Waals surface area contributed by atoms with Crippen molar-refractivity contribution >= 4 is 52.3 Å². The fraction of sp³-hybridized carbons (Fsp3) is 0.455. The molecular formula is C11H16BrCl2N3O3. The number of hydrogen-bond acceptors (Lipinski definition) is 4. The average molecular weight is 389 g/mol. The van der Waals surface area contributed by atoms with Gasteiger partial charge in [0.15, 0.2) is 0 Å². The maximum Gasteiger partial charge on any atom is 0.271 e. The zero-order valence-corrected chi connectivity index (χ0v) is 13.7. The lowest BCUT2D eigenvalue weighted by atomic mass is 10.2. The standard InChI is InChI=1S/C11H14BrN3O3.2ClH/c12-7-3-9(11(17)14-5-7)15-10(16)4-8-6-18-2-1-13-8;;/h3,5,8,13H,1-2,4,6H2,(H,14,17)(H,15,16);2*1H. The Bertz CT molecular complexity index is 492. The third-order valence-electron chi connectivity index (χ3n) is 2.57. The second-order valence-corrected chi connectivity index (χ2v) is 4.95. The van der Waals surface area contributed by atoms with Crippen molar-refractivity contribution in [3.63, 3.8) is 0 Å². The first-order valence-electron chi connectivity index (χ1n) is 5.64. The van der Waals surface area contributed by atoms with Crippen molar-refractivity contribution in [2.24, 2.45) is 0 Å². The number of hydrogen-bond donors (Lipinski definition) is 3. The van der Waals surface area contributed by atoms with Crippen molar-refractivity contribution in [2.45, 2.75) is 12.5 Å². The molecule has 3 N–H and O–H groups in total. The zero-order chi connectivity index (χ0) is 13.0. The minimum atomic E-state index is -0.320. The molecule has 0 saturated carbocycles. The van der Waals surface area contributed by atoms with Crippen LogP contribution in [-0.2, 0) is 9.53 Å². The van der Waals surface area contributed by atoms with E-state index in [0.29, 0.717) is 17.7 Å². The second kappa shape index (κ2) is 9.36. The first-order chi connectivity index (χ1) is 8.65. The highest BCUT2D eigenvalue weighted by molar-refractivity contribution is 9.10. The fourth-order valence-corrected chi connectivity index (χ4v) is 2.07. The van der Waals surface area contributed by atoms with Crippen LogP contribution in [0.15, 0.2) is 21.5 Å². The topological polar surface area (TPSA) is 83.2 Å². The van der Waals surface area contributed by atoms with E-state index >= 15 is 0 Å². The third-order valence-corrected chi connectivity index (χ3v) is 3.03. The van der Waals surface area contributed by atoms with Crippen LogP contribution in [0.1, 0.15) is 6.42 Å². The summed E-state index contributed by atoms with van der Waals surface area (Å²) < 4.78 is 5.96. The lowest BCUT2D eigenvalue weighted by Crippen LogP contribution is -2.43. The van der Waals surface area contributed by atoms with E-state index in [2.05, 4.69) is 31.5 Å². The van der Waals surface area contributed by atoms with Crippen LogP contribution < -0.4 is 16.2 Å². The summed E-state index contributed by atoms with van der Waals surface area (Å²) >= 11 is 3.23. The smallest absolute Gasteiger partial charge is 0.271 e. The Morgan fingerprint density at radius 2 is 2.25 bits per heavy atom. The molecule has 1 aromatic rings. The van der Waals surface area contributed by atoms with E-state index in [1.807, 2.05) is 0 Å². The monoisotopic (exact) mass is 387 g/mol. The molecule has 0 radical (unpaired) electrons. The molecule has 9 heteroatoms. The molecule has 6 nitrogen and oxygen atoms in total. The van der Waals surface area contributed by atoms with E-state index in [-0.39, 0.29) is 54.4 Å². The van der Waals surface area contributed by atoms with Gasteiger partial charge in [0, 0.05) is 29.7 Å². The lowest BCUT2D eigenvalue weighted by molar-refractivity contribution is -0.117. The lowest BCUT2D eigenvalue weighted by Gasteiger charge is -2.23. The number of ether oxygens (including phenoxy) is 1. The molecular weight excluding hydrogens is 373 g/mol. The summed E-state index contributed by atoms with van der Waals surface area (Å²) in [4.78, 5) is 25.8. The average Bonchev–Trinajstić information content (AvgIpc) is 2.35. The van der Waals surface area contributed by atoms with Gasteiger partial charge in [0.05, 0.1) is 13.2 Å². The highest BCUT2D eigenvalue weighted by atomic mass is 79.9. The molecule has 1 unspecified atom stereocenters. The molecule has 1 fully saturated rings. The Hall–Kier alpha value is -0.600. The Morgan fingerprint density at radius 3 is 2.90 bits per heavy atom. The van der Waals surface area contributed by atoms with Crippen molar-refractivity contribution in [3.05, 3.63) is 27.1 Å². The van der Waals surface area contributed by atoms with Gasteiger partial charge in [-0.05, 0) is 22.0 Å². The first-order valence-corrected chi connectivity index (χ1v) is 6.43. The Kier molecular flexibility index (Phi) is 9.08. The van der Waals surface area contributed by atoms with Gasteiger partial charge < -0.3 is 20.4 Å². The predicted molar refractivity (Wildman–Crippen MR) is 85.1 cm³/mol. The van der Waals surface area contributed by atoms with Gasteiger partial charge in [-0.15, -0.1) is 24.8 Å². The number of rotatable bonds is 3. The maximum absolute atomic E-state index is 11.8. The summed E-state index contributed by atoms with van der Waals surface area (Å²) in [6.45, 7) is 1.93. The SMILES string of the molecule is Cl.Cl.O=C(CC1COCCN1)Nc1cc(Br)c[nH]c1=O. The number of H-pyrrole nitrogens is 1. The van der Waals surface area contributed by atoms with Crippen molar-refractivity contribution in [1.82, 2.24) is 10.3 Å². The number of aromatic nitrogens is 1. The van der Waals surface area contributed by atoms with E-state index in [4.69, 9.17) is 4.74 Å². The van der Waals surface area contributed by atoms with Gasteiger partial charge >= 0.3 is 0 Å². The number of anilines is 1. The number of carbonyl (C=O) groups is 1. The molecule has 1 amide bonds. The highest BCUT2D eigenvalue weighted by Gasteiger charge is 2.17. The Labute approximate surface area is 137 Å². The van der Waals surface area contributed by atoms with Crippen molar-refractivity contribution in [2.75, 3.05) is 25.1 Å². The van der Waals surface area contributed by atoms with Crippen molar-refractivity contribution in [1.29, 1.82) is 0 Å². The van der Waals surface area contributed by atoms with Gasteiger partial charge in [-0.2, -0.15) is 0 Å². The van der Waals surface area contributed by atoms with Gasteiger partial charge in [0.25, 0.3) is 5.56 Å². The normalized spacial score (nSPS) is 17.6. The number of morpholine rings is 1. The van der Waals surface area contributed by atoms with Crippen LogP contribution in [0.5, 0.6) is 0 Å². The summed E-state index contributed by atoms with van der Waals surface area (Å²) in [5.74, 6) is -0.207. The van der Waals surface area contributed by atoms with Crippen LogP contribution in [0, 0.1) is 0 Å². The Morgan fingerprint density at radius 1 is 1.50 bits per heavy atom. The van der Waals surface area contributed by atoms with E-state index in [1.54, 1.807) is 6.07 Å². The third kappa shape index (κ3) is 5.80. The molecule has 1 atom stereocenters. The zero-order valence-electron chi connectivity index (χ0n) is 10.5. The number of amides is 1. The van der Waals surface area contributed by atoms with Crippen LogP contribution in [0.25, 0.3) is 0 Å². The number of halogens is 3. The molecule has 114 valence electrons. The van der Waals surface area contributed by atoms with E-state index < -0.39 is 0 Å². The molecule has 0 aromatic carbocycles. The predicted octanol–water partition coefficient (Wildman–Crippen LogP) is 1.30. The van der Waals surface area contributed by atoms with Gasteiger partial charge in [-0.25, -0.2) is 0 Å². The molecule has 0 spiro atoms. The second-order valence-electron chi connectivity index (χ2n) is 4.04. The summed E-state index contributed by atoms with van der Waals surface area (Å²) in [5, 5.41) is 5.77. The van der Waals surface area contributed by atoms with Crippen LogP contribution in [0.4, 0.5) is 5.69 Å². The van der Waals surface area contributed by atoms with E-state index in [1.165, 1.54) is 6.20 Å². The van der Waals surface area contributed by atoms with E-state index in [0.717, 1.165) is 6.54 Å². The molecule has 1 aromatic heterocycles. The number of nitrogens with one attached hydrogen (secondary N) is 3. The van der Waals surface area contributed by atoms with Crippen LogP contribution >= 0.6 is 40.7 Å². The van der Waals surface area contributed by atoms with E-state index in [9.17, 15) is 9.59 Å². The van der Waals surface area contributed by atoms with Gasteiger partial charge in [0.1, 0.15) is 5.69 Å². The summed E-state index contributed by atoms with van der Waals surface area (Å²) in [6.07, 6.45) is 1.81. The molecule has 1 saturated heterocycles. The van der Waals surface area contributed by atoms with Crippen molar-refractivity contribution < 1.29 is 9.53 Å². The molecule has 2 heterocycles. The highest BCUT2D eigenvalue weighted by Crippen LogP contribution is 2.10. The van der Waals surface area contributed by atoms with Gasteiger partial charge in [-0.3, -0.25) is 9.59 Å². The number of carbonyl (C=O) groups excluding carboxylic acids is 1. The maximum atomic E-state index is 11.8. The van der Waals surface area contributed by atoms with Gasteiger partial charge in [-0.1, -0.05) is 0 Å². The molecule has 1 aliphatic heterocycles. The molecule has 0 aliphatic carbocycles. The molecule has 1 aliphatic rings. The quantitative estimate of drug-likeness (QED) is 0.728. The largest absolute Gasteiger partial charge is 0.378 e. The summed E-state index contributed by atoms with van der Waals surface area (Å²) in [7, 11) is 0. The van der Waals surface area contributed by atoms with Crippen molar-refractivity contribution in [3.8, 4) is 0 Å². The molecule has 2 rings (SSSR count). The first kappa shape index (κ1) is 19.4. The number of pyridine rings is 1. The van der Waals surface area contributed by atoms with Crippen LogP contribution in [-0.4, -0.2) is 36.7 Å². The minimum Gasteiger partial charge on any atom is -0.378 e. The van der Waals surface area contributed by atoms with Gasteiger partial charge in [0.2, 0.25) is 5.91 Å². The Balaban J connectivity index is 0.00000180. The van der Waals surface area contributed by atoms with Crippen LogP contribution in [0.2, 0.25) is 0 Å². The number of aromatic amines is 1. The molecule has 20 heavy (non-hydrogen) atoms. The summed E-state index contributed by atoms with van der Waals surface area (Å²) in [5.41, 5.74) is -0.0782.